The van der Waals surface area contributed by atoms with Crippen LogP contribution in [0.3, 0.4) is 0 Å². The highest BCUT2D eigenvalue weighted by Gasteiger charge is 2.56. The van der Waals surface area contributed by atoms with E-state index in [1.54, 1.807) is 6.07 Å². The second-order valence-electron chi connectivity index (χ2n) is 12.1. The Balaban J connectivity index is 1.35. The molecule has 0 radical (unpaired) electrons. The third-order valence-corrected chi connectivity index (χ3v) is 9.68. The van der Waals surface area contributed by atoms with E-state index < -0.39 is 5.54 Å². The van der Waals surface area contributed by atoms with Crippen LogP contribution >= 0.6 is 0 Å². The predicted octanol–water partition coefficient (Wildman–Crippen LogP) is 6.32. The fourth-order valence-corrected chi connectivity index (χ4v) is 7.28. The van der Waals surface area contributed by atoms with Crippen LogP contribution in [0.25, 0.3) is 0 Å². The number of ether oxygens (including phenoxy) is 1. The number of carbonyl (C=O) groups excluding carboxylic acids is 1. The maximum atomic E-state index is 14.4. The highest BCUT2D eigenvalue weighted by Crippen LogP contribution is 2.58. The van der Waals surface area contributed by atoms with Crippen molar-refractivity contribution in [3.05, 3.63) is 113 Å². The molecule has 8 heteroatoms. The van der Waals surface area contributed by atoms with Crippen molar-refractivity contribution < 1.29 is 14.6 Å². The molecule has 0 fully saturated rings. The number of nitrogens with zero attached hydrogens (tertiary/aromatic N) is 3. The zero-order valence-corrected chi connectivity index (χ0v) is 28.1. The Morgan fingerprint density at radius 3 is 1.89 bits per heavy atom. The largest absolute Gasteiger partial charge is 0.508 e. The van der Waals surface area contributed by atoms with Crippen LogP contribution in [-0.2, 0) is 12.1 Å². The van der Waals surface area contributed by atoms with E-state index in [0.29, 0.717) is 25.4 Å². The normalized spacial score (nSPS) is 14.0. The van der Waals surface area contributed by atoms with Gasteiger partial charge in [0.1, 0.15) is 22.8 Å². The number of phenolic OH excluding ortho intramolecular Hbond substituents is 1. The van der Waals surface area contributed by atoms with Crippen LogP contribution in [0.5, 0.6) is 17.2 Å². The van der Waals surface area contributed by atoms with Gasteiger partial charge in [0.05, 0.1) is 0 Å². The van der Waals surface area contributed by atoms with Crippen LogP contribution in [0.15, 0.2) is 84.9 Å². The molecule has 4 aromatic rings. The molecule has 4 aromatic carbocycles. The summed E-state index contributed by atoms with van der Waals surface area (Å²) in [7, 11) is 0. The highest BCUT2D eigenvalue weighted by molar-refractivity contribution is 6.02. The number of para-hydroxylation sites is 1. The quantitative estimate of drug-likeness (QED) is 0.140. The monoisotopic (exact) mass is 633 g/mol. The van der Waals surface area contributed by atoms with Gasteiger partial charge < -0.3 is 35.2 Å². The van der Waals surface area contributed by atoms with E-state index in [2.05, 4.69) is 95.5 Å². The van der Waals surface area contributed by atoms with Gasteiger partial charge in [-0.15, -0.1) is 0 Å². The standard InChI is InChI=1S/C39H47N5O3/c1-5-42(6-2)29-17-19-33-36(25-29)47-37-26-30(43(7-3)8-4)18-20-34(37)39(33)32-15-11-10-14-31(32)38(46)44(39)24-23-40-21-22-41-27-28-13-9-12-16-35(28)45/h9-20,25-26,40-41,45H,5-8,21-24,27H2,1-4H3. The average molecular weight is 634 g/mol. The summed E-state index contributed by atoms with van der Waals surface area (Å²) in [6.45, 7) is 15.4. The van der Waals surface area contributed by atoms with Gasteiger partial charge in [0.2, 0.25) is 0 Å². The molecule has 0 saturated carbocycles. The number of anilines is 2. The molecular formula is C39H47N5O3. The number of aromatic hydroxyl groups is 1. The van der Waals surface area contributed by atoms with Crippen molar-refractivity contribution in [1.29, 1.82) is 0 Å². The number of amides is 1. The summed E-state index contributed by atoms with van der Waals surface area (Å²) in [5, 5.41) is 17.0. The summed E-state index contributed by atoms with van der Waals surface area (Å²) in [6.07, 6.45) is 0. The molecule has 1 spiro atoms. The fourth-order valence-electron chi connectivity index (χ4n) is 7.28. The van der Waals surface area contributed by atoms with Crippen LogP contribution in [0.1, 0.15) is 60.3 Å². The summed E-state index contributed by atoms with van der Waals surface area (Å²) < 4.78 is 6.80. The van der Waals surface area contributed by atoms with Crippen molar-refractivity contribution in [3.63, 3.8) is 0 Å². The summed E-state index contributed by atoms with van der Waals surface area (Å²) >= 11 is 0. The van der Waals surface area contributed by atoms with Crippen molar-refractivity contribution >= 4 is 17.3 Å². The molecule has 0 saturated heterocycles. The SMILES string of the molecule is CCN(CC)c1ccc2c(c1)Oc1cc(N(CC)CC)ccc1C21c2ccccc2C(=O)N1CCNCCNCc1ccccc1O. The molecule has 8 nitrogen and oxygen atoms in total. The number of fused-ring (bicyclic) bond motifs is 6. The van der Waals surface area contributed by atoms with Crippen LogP contribution in [-0.4, -0.2) is 68.3 Å². The molecule has 2 aliphatic heterocycles. The van der Waals surface area contributed by atoms with Gasteiger partial charge in [-0.1, -0.05) is 48.5 Å². The number of carbonyl (C=O) groups is 1. The topological polar surface area (TPSA) is 80.3 Å². The third kappa shape index (κ3) is 5.81. The molecule has 0 unspecified atom stereocenters. The van der Waals surface area contributed by atoms with Crippen molar-refractivity contribution in [2.45, 2.75) is 39.8 Å². The number of hydrogen-bond donors (Lipinski definition) is 3. The average Bonchev–Trinajstić information content (AvgIpc) is 3.33. The molecule has 246 valence electrons. The summed E-state index contributed by atoms with van der Waals surface area (Å²) in [4.78, 5) is 21.1. The van der Waals surface area contributed by atoms with Gasteiger partial charge in [0, 0.05) is 105 Å². The van der Waals surface area contributed by atoms with E-state index >= 15 is 0 Å². The smallest absolute Gasteiger partial charge is 0.255 e. The zero-order chi connectivity index (χ0) is 33.0. The molecule has 47 heavy (non-hydrogen) atoms. The highest BCUT2D eigenvalue weighted by atomic mass is 16.5. The lowest BCUT2D eigenvalue weighted by Gasteiger charge is -2.45. The Morgan fingerprint density at radius 1 is 0.702 bits per heavy atom. The summed E-state index contributed by atoms with van der Waals surface area (Å²) in [6, 6.07) is 28.4. The molecular weight excluding hydrogens is 586 g/mol. The maximum Gasteiger partial charge on any atom is 0.255 e. The second-order valence-corrected chi connectivity index (χ2v) is 12.1. The molecule has 0 aliphatic carbocycles. The second kappa shape index (κ2) is 14.1. The number of hydrogen-bond acceptors (Lipinski definition) is 7. The Kier molecular flexibility index (Phi) is 9.71. The third-order valence-electron chi connectivity index (χ3n) is 9.68. The van der Waals surface area contributed by atoms with E-state index in [-0.39, 0.29) is 5.91 Å². The van der Waals surface area contributed by atoms with E-state index in [9.17, 15) is 9.90 Å². The number of phenols is 1. The lowest BCUT2D eigenvalue weighted by atomic mass is 9.74. The Hall–Kier alpha value is -4.53. The van der Waals surface area contributed by atoms with Crippen molar-refractivity contribution in [1.82, 2.24) is 15.5 Å². The van der Waals surface area contributed by atoms with Gasteiger partial charge in [-0.25, -0.2) is 0 Å². The molecule has 0 aromatic heterocycles. The predicted molar refractivity (Wildman–Crippen MR) is 190 cm³/mol. The van der Waals surface area contributed by atoms with E-state index in [4.69, 9.17) is 4.74 Å². The van der Waals surface area contributed by atoms with Gasteiger partial charge in [-0.2, -0.15) is 0 Å². The minimum Gasteiger partial charge on any atom is -0.508 e. The summed E-state index contributed by atoms with van der Waals surface area (Å²) in [5.74, 6) is 1.90. The number of rotatable bonds is 14. The van der Waals surface area contributed by atoms with Gasteiger partial charge >= 0.3 is 0 Å². The van der Waals surface area contributed by atoms with Crippen molar-refractivity contribution in [2.75, 3.05) is 62.2 Å². The van der Waals surface area contributed by atoms with Crippen LogP contribution in [0.4, 0.5) is 11.4 Å². The lowest BCUT2D eigenvalue weighted by Crippen LogP contribution is -2.49. The van der Waals surface area contributed by atoms with Gasteiger partial charge in [-0.05, 0) is 57.5 Å². The van der Waals surface area contributed by atoms with Gasteiger partial charge in [0.25, 0.3) is 5.91 Å². The molecule has 2 aliphatic rings. The van der Waals surface area contributed by atoms with Crippen molar-refractivity contribution in [3.8, 4) is 17.2 Å². The van der Waals surface area contributed by atoms with E-state index in [1.807, 2.05) is 36.4 Å². The first-order valence-corrected chi connectivity index (χ1v) is 17.0. The lowest BCUT2D eigenvalue weighted by molar-refractivity contribution is 0.0668. The first kappa shape index (κ1) is 32.4. The van der Waals surface area contributed by atoms with Gasteiger partial charge in [0.15, 0.2) is 0 Å². The minimum absolute atomic E-state index is 0.0273. The van der Waals surface area contributed by atoms with E-state index in [0.717, 1.165) is 90.0 Å². The van der Waals surface area contributed by atoms with E-state index in [1.165, 1.54) is 0 Å². The van der Waals surface area contributed by atoms with Gasteiger partial charge in [-0.3, -0.25) is 4.79 Å². The Bertz CT molecular complexity index is 1650. The maximum absolute atomic E-state index is 14.4. The molecule has 0 atom stereocenters. The first-order chi connectivity index (χ1) is 23.0. The van der Waals surface area contributed by atoms with Crippen LogP contribution in [0.2, 0.25) is 0 Å². The molecule has 6 rings (SSSR count). The summed E-state index contributed by atoms with van der Waals surface area (Å²) in [5.41, 5.74) is 5.95. The molecule has 2 heterocycles. The zero-order valence-electron chi connectivity index (χ0n) is 28.1. The molecule has 0 bridgehead atoms. The number of nitrogens with one attached hydrogen (secondary N) is 2. The first-order valence-electron chi connectivity index (χ1n) is 17.0. The minimum atomic E-state index is -0.828. The Morgan fingerprint density at radius 2 is 1.28 bits per heavy atom. The van der Waals surface area contributed by atoms with Crippen molar-refractivity contribution in [2.24, 2.45) is 0 Å². The molecule has 3 N–H and O–H groups in total. The van der Waals surface area contributed by atoms with Crippen LogP contribution < -0.4 is 25.2 Å². The van der Waals surface area contributed by atoms with Crippen LogP contribution in [0, 0.1) is 0 Å². The fraction of sp³-hybridized carbons (Fsp3) is 0.359. The Labute approximate surface area is 279 Å². The molecule has 1 amide bonds. The number of benzene rings is 4.